The van der Waals surface area contributed by atoms with Crippen molar-refractivity contribution in [1.82, 2.24) is 0 Å². The predicted octanol–water partition coefficient (Wildman–Crippen LogP) is 8.46. The average Bonchev–Trinajstić information content (AvgIpc) is 3.13. The van der Waals surface area contributed by atoms with Crippen LogP contribution < -0.4 is 0 Å². The summed E-state index contributed by atoms with van der Waals surface area (Å²) in [4.78, 5) is 76.5. The smallest absolute Gasteiger partial charge is 0.120 e. The molecule has 0 amide bonds. The lowest BCUT2D eigenvalue weighted by Gasteiger charge is -1.98. The molecule has 0 aromatic rings. The normalized spacial score (nSPS) is 9.04. The molecule has 2 N–H and O–H groups in total. The fraction of sp³-hybridized carbons (Fsp3) is 0.800. The summed E-state index contributed by atoms with van der Waals surface area (Å²) >= 11 is 0. The van der Waals surface area contributed by atoms with Crippen LogP contribution in [-0.4, -0.2) is 73.7 Å². The molecule has 0 spiro atoms. The van der Waals surface area contributed by atoms with E-state index in [-0.39, 0.29) is 0 Å². The van der Waals surface area contributed by atoms with Crippen LogP contribution in [0.3, 0.4) is 0 Å². The van der Waals surface area contributed by atoms with Gasteiger partial charge in [-0.3, -0.25) is 0 Å². The van der Waals surface area contributed by atoms with E-state index in [1.165, 1.54) is 89.9 Å². The van der Waals surface area contributed by atoms with E-state index in [1.54, 1.807) is 0 Å². The van der Waals surface area contributed by atoms with Gasteiger partial charge in [0.2, 0.25) is 0 Å². The van der Waals surface area contributed by atoms with Crippen LogP contribution in [0.1, 0.15) is 194 Å². The van der Waals surface area contributed by atoms with Crippen LogP contribution in [0.25, 0.3) is 0 Å². The van der Waals surface area contributed by atoms with E-state index in [4.69, 9.17) is 10.2 Å². The minimum Gasteiger partial charge on any atom is -0.396 e. The van der Waals surface area contributed by atoms with E-state index in [2.05, 4.69) is 13.8 Å². The number of aldehydes is 8. The third-order valence-electron chi connectivity index (χ3n) is 6.60. The van der Waals surface area contributed by atoms with Gasteiger partial charge in [-0.15, -0.1) is 0 Å². The van der Waals surface area contributed by atoms with E-state index in [9.17, 15) is 38.4 Å². The van der Waals surface area contributed by atoms with Crippen LogP contribution in [0.5, 0.6) is 0 Å². The van der Waals surface area contributed by atoms with Crippen molar-refractivity contribution in [2.24, 2.45) is 0 Å². The molecular formula is C40H76O10. The molecule has 0 aromatic heterocycles. The topological polar surface area (TPSA) is 177 Å². The first kappa shape index (κ1) is 59.4. The van der Waals surface area contributed by atoms with Gasteiger partial charge in [-0.05, 0) is 38.5 Å². The fourth-order valence-corrected chi connectivity index (χ4v) is 3.63. The molecule has 0 heterocycles. The Kier molecular flexibility index (Phi) is 90.6. The van der Waals surface area contributed by atoms with Crippen LogP contribution in [0.4, 0.5) is 0 Å². The molecule has 0 aliphatic rings. The Hall–Kier alpha value is -2.72. The van der Waals surface area contributed by atoms with Gasteiger partial charge in [-0.25, -0.2) is 0 Å². The first-order chi connectivity index (χ1) is 24.5. The van der Waals surface area contributed by atoms with Crippen molar-refractivity contribution < 1.29 is 48.6 Å². The van der Waals surface area contributed by atoms with Crippen LogP contribution in [0, 0.1) is 0 Å². The van der Waals surface area contributed by atoms with Crippen molar-refractivity contribution in [1.29, 1.82) is 0 Å². The monoisotopic (exact) mass is 717 g/mol. The first-order valence-corrected chi connectivity index (χ1v) is 19.2. The Labute approximate surface area is 305 Å². The Morgan fingerprint density at radius 3 is 0.560 bits per heavy atom. The van der Waals surface area contributed by atoms with Gasteiger partial charge in [0.15, 0.2) is 0 Å². The minimum atomic E-state index is 0.370. The summed E-state index contributed by atoms with van der Waals surface area (Å²) in [6.07, 6.45) is 34.3. The maximum atomic E-state index is 9.56. The SMILES string of the molecule is CCCCCCCCCCO.CCCCCCCCCCO.O=CCCCC=O.O=CCCCC=O.O=CCCCC=O.O=CCCCC=O. The van der Waals surface area contributed by atoms with Gasteiger partial charge >= 0.3 is 0 Å². The molecule has 0 radical (unpaired) electrons. The predicted molar refractivity (Wildman–Crippen MR) is 203 cm³/mol. The number of carbonyl (C=O) groups excluding carboxylic acids is 8. The molecule has 0 aromatic carbocycles. The third kappa shape index (κ3) is 104. The number of carbonyl (C=O) groups is 8. The molecule has 0 rings (SSSR count). The van der Waals surface area contributed by atoms with Crippen LogP contribution >= 0.6 is 0 Å². The molecule has 0 bridgehead atoms. The van der Waals surface area contributed by atoms with Crippen LogP contribution in [-0.2, 0) is 38.4 Å². The van der Waals surface area contributed by atoms with Gasteiger partial charge in [0.25, 0.3) is 0 Å². The van der Waals surface area contributed by atoms with Crippen molar-refractivity contribution in [2.75, 3.05) is 13.2 Å². The largest absolute Gasteiger partial charge is 0.396 e. The number of aliphatic hydroxyl groups excluding tert-OH is 2. The molecular weight excluding hydrogens is 640 g/mol. The van der Waals surface area contributed by atoms with Gasteiger partial charge in [0.05, 0.1) is 0 Å². The molecule has 0 atom stereocenters. The van der Waals surface area contributed by atoms with Crippen molar-refractivity contribution in [3.05, 3.63) is 0 Å². The highest BCUT2D eigenvalue weighted by Gasteiger charge is 1.90. The Morgan fingerprint density at radius 2 is 0.420 bits per heavy atom. The van der Waals surface area contributed by atoms with Gasteiger partial charge in [-0.1, -0.05) is 104 Å². The molecule has 0 unspecified atom stereocenters. The fourth-order valence-electron chi connectivity index (χ4n) is 3.63. The van der Waals surface area contributed by atoms with Crippen LogP contribution in [0.2, 0.25) is 0 Å². The van der Waals surface area contributed by atoms with Gasteiger partial charge < -0.3 is 48.6 Å². The summed E-state index contributed by atoms with van der Waals surface area (Å²) in [5, 5.41) is 17.0. The lowest BCUT2D eigenvalue weighted by molar-refractivity contribution is -0.110. The molecule has 0 saturated heterocycles. The lowest BCUT2D eigenvalue weighted by Crippen LogP contribution is -1.83. The van der Waals surface area contributed by atoms with E-state index < -0.39 is 0 Å². The summed E-state index contributed by atoms with van der Waals surface area (Å²) in [5.41, 5.74) is 0. The number of aliphatic hydroxyl groups is 2. The standard InChI is InChI=1S/2C10H22O.4C5H8O2/c2*1-2-3-4-5-6-7-8-9-10-11;4*6-4-2-1-3-5-7/h2*11H,2-10H2,1H3;4*4-5H,1-3H2. The zero-order valence-corrected chi connectivity index (χ0v) is 32.0. The second-order valence-electron chi connectivity index (χ2n) is 11.5. The van der Waals surface area contributed by atoms with Crippen molar-refractivity contribution in [3.8, 4) is 0 Å². The zero-order valence-electron chi connectivity index (χ0n) is 32.0. The van der Waals surface area contributed by atoms with Gasteiger partial charge in [0.1, 0.15) is 50.3 Å². The highest BCUT2D eigenvalue weighted by atomic mass is 16.3. The first-order valence-electron chi connectivity index (χ1n) is 19.2. The van der Waals surface area contributed by atoms with E-state index >= 15 is 0 Å². The summed E-state index contributed by atoms with van der Waals surface area (Å²) in [7, 11) is 0. The number of hydrogen-bond acceptors (Lipinski definition) is 10. The molecule has 0 fully saturated rings. The third-order valence-corrected chi connectivity index (χ3v) is 6.60. The van der Waals surface area contributed by atoms with E-state index in [0.29, 0.717) is 90.3 Å². The maximum Gasteiger partial charge on any atom is 0.120 e. The molecule has 0 aliphatic carbocycles. The highest BCUT2D eigenvalue weighted by Crippen LogP contribution is 2.08. The van der Waals surface area contributed by atoms with E-state index in [1.807, 2.05) is 0 Å². The number of rotatable bonds is 32. The Balaban J connectivity index is -0.000000118. The zero-order chi connectivity index (χ0) is 38.9. The minimum absolute atomic E-state index is 0.370. The lowest BCUT2D eigenvalue weighted by atomic mass is 10.1. The number of unbranched alkanes of at least 4 members (excludes halogenated alkanes) is 22. The molecule has 0 aliphatic heterocycles. The summed E-state index contributed by atoms with van der Waals surface area (Å²) < 4.78 is 0. The quantitative estimate of drug-likeness (QED) is 0.0507. The summed E-state index contributed by atoms with van der Waals surface area (Å²) in [6.45, 7) is 5.22. The van der Waals surface area contributed by atoms with E-state index in [0.717, 1.165) is 63.1 Å². The summed E-state index contributed by atoms with van der Waals surface area (Å²) in [5.74, 6) is 0. The van der Waals surface area contributed by atoms with Gasteiger partial charge in [-0.2, -0.15) is 0 Å². The molecule has 50 heavy (non-hydrogen) atoms. The van der Waals surface area contributed by atoms with Gasteiger partial charge in [0, 0.05) is 64.6 Å². The van der Waals surface area contributed by atoms with Crippen molar-refractivity contribution >= 4 is 50.3 Å². The van der Waals surface area contributed by atoms with Crippen molar-refractivity contribution in [2.45, 2.75) is 194 Å². The Bertz CT molecular complexity index is 504. The molecule has 0 saturated carbocycles. The molecule has 10 nitrogen and oxygen atoms in total. The number of hydrogen-bond donors (Lipinski definition) is 2. The second-order valence-corrected chi connectivity index (χ2v) is 11.5. The molecule has 296 valence electrons. The Morgan fingerprint density at radius 1 is 0.260 bits per heavy atom. The second kappa shape index (κ2) is 76.2. The molecule has 10 heteroatoms. The summed E-state index contributed by atoms with van der Waals surface area (Å²) in [6, 6.07) is 0. The average molecular weight is 717 g/mol. The van der Waals surface area contributed by atoms with Crippen LogP contribution in [0.15, 0.2) is 0 Å². The maximum absolute atomic E-state index is 9.56. The van der Waals surface area contributed by atoms with Crippen molar-refractivity contribution in [3.63, 3.8) is 0 Å². The highest BCUT2D eigenvalue weighted by molar-refractivity contribution is 5.54.